The second-order valence-corrected chi connectivity index (χ2v) is 6.94. The number of H-pyrrole nitrogens is 1. The van der Waals surface area contributed by atoms with Crippen LogP contribution in [0.5, 0.6) is 0 Å². The quantitative estimate of drug-likeness (QED) is 0.606. The van der Waals surface area contributed by atoms with Gasteiger partial charge in [0.25, 0.3) is 5.91 Å². The summed E-state index contributed by atoms with van der Waals surface area (Å²) in [5, 5.41) is 4.62. The first-order chi connectivity index (χ1) is 13.7. The molecule has 3 N–H and O–H groups in total. The number of fused-ring (bicyclic) bond motifs is 1. The summed E-state index contributed by atoms with van der Waals surface area (Å²) in [5.41, 5.74) is 1.61. The van der Waals surface area contributed by atoms with Crippen molar-refractivity contribution in [3.05, 3.63) is 36.5 Å². The topological polar surface area (TPSA) is 104 Å². The first-order valence-corrected chi connectivity index (χ1v) is 8.93. The molecule has 1 fully saturated rings. The van der Waals surface area contributed by atoms with Crippen LogP contribution in [0.1, 0.15) is 30.4 Å². The van der Waals surface area contributed by atoms with Crippen LogP contribution in [-0.2, 0) is 4.79 Å². The average Bonchev–Trinajstić information content (AvgIpc) is 3.25. The Kier molecular flexibility index (Phi) is 4.52. The number of pyridine rings is 1. The van der Waals surface area contributed by atoms with Crippen molar-refractivity contribution in [2.24, 2.45) is 5.92 Å². The summed E-state index contributed by atoms with van der Waals surface area (Å²) in [6.07, 6.45) is 2.03. The van der Waals surface area contributed by atoms with Gasteiger partial charge in [-0.15, -0.1) is 0 Å². The Bertz CT molecular complexity index is 1080. The molecule has 1 atom stereocenters. The molecule has 2 amide bonds. The van der Waals surface area contributed by atoms with Crippen LogP contribution < -0.4 is 10.6 Å². The highest BCUT2D eigenvalue weighted by molar-refractivity contribution is 5.93. The highest BCUT2D eigenvalue weighted by atomic mass is 19.4. The molecule has 3 aromatic rings. The SMILES string of the molecule is CC(NC(=O)c1nc(-c2ccc3nc(NC(=O)C4CC4)cn3c2)c[nH]1)C(F)(F)F. The van der Waals surface area contributed by atoms with Gasteiger partial charge in [-0.1, -0.05) is 0 Å². The van der Waals surface area contributed by atoms with E-state index in [1.165, 1.54) is 6.20 Å². The van der Waals surface area contributed by atoms with Gasteiger partial charge in [0.1, 0.15) is 11.7 Å². The molecule has 0 bridgehead atoms. The van der Waals surface area contributed by atoms with Crippen LogP contribution in [0.25, 0.3) is 16.9 Å². The fourth-order valence-electron chi connectivity index (χ4n) is 2.71. The molecule has 0 radical (unpaired) electrons. The van der Waals surface area contributed by atoms with Gasteiger partial charge in [-0.25, -0.2) is 9.97 Å². The molecule has 1 aliphatic carbocycles. The molecule has 3 heterocycles. The zero-order valence-electron chi connectivity index (χ0n) is 15.2. The number of amides is 2. The van der Waals surface area contributed by atoms with E-state index in [1.807, 2.05) is 5.32 Å². The largest absolute Gasteiger partial charge is 0.408 e. The number of carbonyl (C=O) groups is 2. The number of rotatable bonds is 5. The number of anilines is 1. The van der Waals surface area contributed by atoms with Gasteiger partial charge in [-0.3, -0.25) is 9.59 Å². The van der Waals surface area contributed by atoms with Crippen LogP contribution in [-0.4, -0.2) is 43.4 Å². The lowest BCUT2D eigenvalue weighted by atomic mass is 10.2. The van der Waals surface area contributed by atoms with Crippen LogP contribution >= 0.6 is 0 Å². The highest BCUT2D eigenvalue weighted by Crippen LogP contribution is 2.30. The number of nitrogens with zero attached hydrogens (tertiary/aromatic N) is 3. The number of alkyl halides is 3. The summed E-state index contributed by atoms with van der Waals surface area (Å²) in [5.74, 6) is -0.731. The molecule has 0 saturated heterocycles. The maximum absolute atomic E-state index is 12.6. The number of halogens is 3. The predicted octanol–water partition coefficient (Wildman–Crippen LogP) is 2.75. The van der Waals surface area contributed by atoms with Crippen molar-refractivity contribution in [1.82, 2.24) is 24.7 Å². The van der Waals surface area contributed by atoms with E-state index in [9.17, 15) is 22.8 Å². The van der Waals surface area contributed by atoms with Gasteiger partial charge >= 0.3 is 6.18 Å². The molecule has 4 rings (SSSR count). The minimum Gasteiger partial charge on any atom is -0.340 e. The molecule has 152 valence electrons. The fourth-order valence-corrected chi connectivity index (χ4v) is 2.71. The third-order valence-corrected chi connectivity index (χ3v) is 4.58. The first-order valence-electron chi connectivity index (χ1n) is 8.93. The standard InChI is InChI=1S/C18H17F3N6O2/c1-9(18(19,20)21)23-17(29)15-22-6-12(24-15)11-4-5-14-25-13(8-27(14)7-11)26-16(28)10-2-3-10/h4-10H,2-3H2,1H3,(H,22,24)(H,23,29)(H,26,28). The average molecular weight is 406 g/mol. The smallest absolute Gasteiger partial charge is 0.340 e. The number of hydrogen-bond acceptors (Lipinski definition) is 4. The lowest BCUT2D eigenvalue weighted by molar-refractivity contribution is -0.149. The van der Waals surface area contributed by atoms with Crippen molar-refractivity contribution < 1.29 is 22.8 Å². The van der Waals surface area contributed by atoms with Crippen molar-refractivity contribution in [2.45, 2.75) is 32.0 Å². The van der Waals surface area contributed by atoms with Gasteiger partial charge in [0.05, 0.1) is 11.9 Å². The van der Waals surface area contributed by atoms with E-state index in [1.54, 1.807) is 28.9 Å². The summed E-state index contributed by atoms with van der Waals surface area (Å²) in [6.45, 7) is 0.855. The molecule has 0 aromatic carbocycles. The van der Waals surface area contributed by atoms with E-state index >= 15 is 0 Å². The fraction of sp³-hybridized carbons (Fsp3) is 0.333. The summed E-state index contributed by atoms with van der Waals surface area (Å²) in [7, 11) is 0. The summed E-state index contributed by atoms with van der Waals surface area (Å²) in [4.78, 5) is 34.8. The third-order valence-electron chi connectivity index (χ3n) is 4.58. The summed E-state index contributed by atoms with van der Waals surface area (Å²) in [6, 6.07) is 1.43. The van der Waals surface area contributed by atoms with E-state index in [2.05, 4.69) is 20.3 Å². The number of nitrogens with one attached hydrogen (secondary N) is 3. The second kappa shape index (κ2) is 6.90. The van der Waals surface area contributed by atoms with Crippen molar-refractivity contribution >= 4 is 23.3 Å². The van der Waals surface area contributed by atoms with Gasteiger partial charge in [0.15, 0.2) is 11.6 Å². The Labute approximate surface area is 162 Å². The van der Waals surface area contributed by atoms with Crippen molar-refractivity contribution in [3.8, 4) is 11.3 Å². The number of aromatic nitrogens is 4. The van der Waals surface area contributed by atoms with E-state index in [0.29, 0.717) is 22.7 Å². The Hall–Kier alpha value is -3.37. The first kappa shape index (κ1) is 19.0. The number of aromatic amines is 1. The molecule has 3 aromatic heterocycles. The molecule has 0 aliphatic heterocycles. The van der Waals surface area contributed by atoms with E-state index in [4.69, 9.17) is 0 Å². The maximum atomic E-state index is 12.6. The van der Waals surface area contributed by atoms with Gasteiger partial charge in [0, 0.05) is 23.9 Å². The van der Waals surface area contributed by atoms with Crippen LogP contribution in [0, 0.1) is 5.92 Å². The monoisotopic (exact) mass is 406 g/mol. The minimum absolute atomic E-state index is 0.0512. The van der Waals surface area contributed by atoms with Crippen molar-refractivity contribution in [1.29, 1.82) is 0 Å². The van der Waals surface area contributed by atoms with Crippen molar-refractivity contribution in [2.75, 3.05) is 5.32 Å². The Morgan fingerprint density at radius 1 is 1.24 bits per heavy atom. The molecule has 1 unspecified atom stereocenters. The Morgan fingerprint density at radius 2 is 2.00 bits per heavy atom. The van der Waals surface area contributed by atoms with E-state index in [-0.39, 0.29) is 17.6 Å². The van der Waals surface area contributed by atoms with Crippen LogP contribution in [0.2, 0.25) is 0 Å². The summed E-state index contributed by atoms with van der Waals surface area (Å²) < 4.78 is 39.5. The summed E-state index contributed by atoms with van der Waals surface area (Å²) >= 11 is 0. The minimum atomic E-state index is -4.54. The molecule has 11 heteroatoms. The molecular weight excluding hydrogens is 389 g/mol. The van der Waals surface area contributed by atoms with E-state index in [0.717, 1.165) is 19.8 Å². The van der Waals surface area contributed by atoms with Gasteiger partial charge in [-0.2, -0.15) is 13.2 Å². The molecule has 29 heavy (non-hydrogen) atoms. The third kappa shape index (κ3) is 4.08. The van der Waals surface area contributed by atoms with Gasteiger partial charge in [-0.05, 0) is 31.9 Å². The maximum Gasteiger partial charge on any atom is 0.408 e. The Balaban J connectivity index is 1.51. The molecule has 1 aliphatic rings. The highest BCUT2D eigenvalue weighted by Gasteiger charge is 2.37. The molecule has 1 saturated carbocycles. The molecule has 0 spiro atoms. The molecule has 8 nitrogen and oxygen atoms in total. The lowest BCUT2D eigenvalue weighted by Crippen LogP contribution is -2.43. The van der Waals surface area contributed by atoms with Crippen LogP contribution in [0.15, 0.2) is 30.7 Å². The van der Waals surface area contributed by atoms with E-state index < -0.39 is 18.1 Å². The van der Waals surface area contributed by atoms with Crippen LogP contribution in [0.3, 0.4) is 0 Å². The normalized spacial score (nSPS) is 15.3. The number of carbonyl (C=O) groups excluding carboxylic acids is 2. The number of hydrogen-bond donors (Lipinski definition) is 3. The van der Waals surface area contributed by atoms with Crippen molar-refractivity contribution in [3.63, 3.8) is 0 Å². The predicted molar refractivity (Wildman–Crippen MR) is 97.1 cm³/mol. The van der Waals surface area contributed by atoms with Crippen LogP contribution in [0.4, 0.5) is 19.0 Å². The second-order valence-electron chi connectivity index (χ2n) is 6.94. The lowest BCUT2D eigenvalue weighted by Gasteiger charge is -2.16. The zero-order valence-corrected chi connectivity index (χ0v) is 15.2. The van der Waals surface area contributed by atoms with Gasteiger partial charge < -0.3 is 20.0 Å². The number of imidazole rings is 2. The Morgan fingerprint density at radius 3 is 2.69 bits per heavy atom. The molecular formula is C18H17F3N6O2. The van der Waals surface area contributed by atoms with Gasteiger partial charge in [0.2, 0.25) is 5.91 Å². The zero-order chi connectivity index (χ0) is 20.8.